The number of hydrogen-bond donors (Lipinski definition) is 2. The summed E-state index contributed by atoms with van der Waals surface area (Å²) < 4.78 is 0. The number of nitrogens with one attached hydrogen (secondary N) is 1. The molecule has 0 aliphatic heterocycles. The van der Waals surface area contributed by atoms with Crippen LogP contribution in [0.4, 0.5) is 4.79 Å². The fourth-order valence-electron chi connectivity index (χ4n) is 2.52. The zero-order valence-electron chi connectivity index (χ0n) is 11.3. The number of aliphatic carboxylic acids is 1. The van der Waals surface area contributed by atoms with Crippen LogP contribution < -0.4 is 5.32 Å². The van der Waals surface area contributed by atoms with Crippen molar-refractivity contribution in [3.63, 3.8) is 0 Å². The van der Waals surface area contributed by atoms with E-state index in [2.05, 4.69) is 12.2 Å². The Hall–Kier alpha value is -1.26. The molecule has 1 rings (SSSR count). The number of amides is 2. The van der Waals surface area contributed by atoms with Gasteiger partial charge in [0.2, 0.25) is 0 Å². The SMILES string of the molecule is CCN(CC(=O)O)C(=O)NCC1CCCCC1C. The van der Waals surface area contributed by atoms with Crippen molar-refractivity contribution in [2.24, 2.45) is 11.8 Å². The number of urea groups is 1. The Morgan fingerprint density at radius 1 is 1.33 bits per heavy atom. The Kier molecular flexibility index (Phi) is 5.95. The van der Waals surface area contributed by atoms with Gasteiger partial charge in [-0.25, -0.2) is 4.79 Å². The minimum atomic E-state index is -0.974. The lowest BCUT2D eigenvalue weighted by atomic mass is 9.80. The molecule has 0 radical (unpaired) electrons. The van der Waals surface area contributed by atoms with E-state index in [1.54, 1.807) is 6.92 Å². The van der Waals surface area contributed by atoms with Gasteiger partial charge in [-0.05, 0) is 25.2 Å². The van der Waals surface area contributed by atoms with Crippen molar-refractivity contribution in [3.8, 4) is 0 Å². The number of carboxylic acids is 1. The fraction of sp³-hybridized carbons (Fsp3) is 0.846. The van der Waals surface area contributed by atoms with Gasteiger partial charge in [-0.3, -0.25) is 4.79 Å². The first kappa shape index (κ1) is 14.8. The summed E-state index contributed by atoms with van der Waals surface area (Å²) in [6.07, 6.45) is 4.91. The second kappa shape index (κ2) is 7.24. The monoisotopic (exact) mass is 256 g/mol. The average Bonchev–Trinajstić information content (AvgIpc) is 2.34. The van der Waals surface area contributed by atoms with E-state index in [0.717, 1.165) is 6.42 Å². The second-order valence-electron chi connectivity index (χ2n) is 5.12. The quantitative estimate of drug-likeness (QED) is 0.789. The smallest absolute Gasteiger partial charge is 0.323 e. The van der Waals surface area contributed by atoms with Crippen LogP contribution in [0.5, 0.6) is 0 Å². The van der Waals surface area contributed by atoms with E-state index < -0.39 is 5.97 Å². The van der Waals surface area contributed by atoms with Crippen LogP contribution in [0, 0.1) is 11.8 Å². The molecule has 5 heteroatoms. The van der Waals surface area contributed by atoms with Crippen LogP contribution in [0.2, 0.25) is 0 Å². The molecule has 2 N–H and O–H groups in total. The van der Waals surface area contributed by atoms with E-state index in [9.17, 15) is 9.59 Å². The summed E-state index contributed by atoms with van der Waals surface area (Å²) in [7, 11) is 0. The van der Waals surface area contributed by atoms with Crippen molar-refractivity contribution in [1.82, 2.24) is 10.2 Å². The third kappa shape index (κ3) is 4.55. The Bertz CT molecular complexity index is 294. The molecule has 0 aromatic heterocycles. The van der Waals surface area contributed by atoms with Gasteiger partial charge in [-0.15, -0.1) is 0 Å². The molecule has 0 saturated heterocycles. The fourth-order valence-corrected chi connectivity index (χ4v) is 2.52. The predicted molar refractivity (Wildman–Crippen MR) is 69.4 cm³/mol. The van der Waals surface area contributed by atoms with Gasteiger partial charge in [0, 0.05) is 13.1 Å². The Morgan fingerprint density at radius 2 is 2.00 bits per heavy atom. The van der Waals surface area contributed by atoms with Crippen LogP contribution in [0.3, 0.4) is 0 Å². The van der Waals surface area contributed by atoms with Crippen LogP contribution >= 0.6 is 0 Å². The van der Waals surface area contributed by atoms with E-state index >= 15 is 0 Å². The average molecular weight is 256 g/mol. The van der Waals surface area contributed by atoms with E-state index in [1.165, 1.54) is 24.2 Å². The largest absolute Gasteiger partial charge is 0.480 e. The van der Waals surface area contributed by atoms with Crippen molar-refractivity contribution in [2.75, 3.05) is 19.6 Å². The van der Waals surface area contributed by atoms with Gasteiger partial charge in [0.25, 0.3) is 0 Å². The Balaban J connectivity index is 2.36. The Morgan fingerprint density at radius 3 is 2.56 bits per heavy atom. The van der Waals surface area contributed by atoms with Crippen molar-refractivity contribution < 1.29 is 14.7 Å². The van der Waals surface area contributed by atoms with Gasteiger partial charge in [0.15, 0.2) is 0 Å². The summed E-state index contributed by atoms with van der Waals surface area (Å²) in [6.45, 7) is 4.85. The van der Waals surface area contributed by atoms with E-state index in [4.69, 9.17) is 5.11 Å². The summed E-state index contributed by atoms with van der Waals surface area (Å²) in [4.78, 5) is 23.7. The number of carboxylic acid groups (broad SMARTS) is 1. The number of rotatable bonds is 5. The molecule has 18 heavy (non-hydrogen) atoms. The summed E-state index contributed by atoms with van der Waals surface area (Å²) in [5.74, 6) is 0.206. The molecule has 1 aliphatic rings. The summed E-state index contributed by atoms with van der Waals surface area (Å²) in [5.41, 5.74) is 0. The maximum absolute atomic E-state index is 11.8. The third-order valence-corrected chi connectivity index (χ3v) is 3.80. The highest BCUT2D eigenvalue weighted by molar-refractivity contribution is 5.80. The molecular formula is C13H24N2O3. The minimum absolute atomic E-state index is 0.234. The van der Waals surface area contributed by atoms with Crippen LogP contribution in [0.25, 0.3) is 0 Å². The molecular weight excluding hydrogens is 232 g/mol. The molecule has 0 aromatic carbocycles. The van der Waals surface area contributed by atoms with Crippen LogP contribution in [-0.4, -0.2) is 41.6 Å². The number of nitrogens with zero attached hydrogens (tertiary/aromatic N) is 1. The van der Waals surface area contributed by atoms with Gasteiger partial charge in [0.05, 0.1) is 0 Å². The highest BCUT2D eigenvalue weighted by atomic mass is 16.4. The molecule has 1 fully saturated rings. The zero-order chi connectivity index (χ0) is 13.5. The minimum Gasteiger partial charge on any atom is -0.480 e. The molecule has 5 nitrogen and oxygen atoms in total. The molecule has 0 spiro atoms. The van der Waals surface area contributed by atoms with Gasteiger partial charge < -0.3 is 15.3 Å². The molecule has 2 atom stereocenters. The molecule has 0 aromatic rings. The highest BCUT2D eigenvalue weighted by Gasteiger charge is 2.22. The van der Waals surface area contributed by atoms with Crippen molar-refractivity contribution >= 4 is 12.0 Å². The van der Waals surface area contributed by atoms with Gasteiger partial charge in [-0.2, -0.15) is 0 Å². The normalized spacial score (nSPS) is 23.4. The van der Waals surface area contributed by atoms with Gasteiger partial charge in [-0.1, -0.05) is 26.2 Å². The lowest BCUT2D eigenvalue weighted by Crippen LogP contribution is -2.44. The topological polar surface area (TPSA) is 69.6 Å². The number of likely N-dealkylation sites (N-methyl/N-ethyl adjacent to an activating group) is 1. The van der Waals surface area contributed by atoms with Crippen molar-refractivity contribution in [2.45, 2.75) is 39.5 Å². The predicted octanol–water partition coefficient (Wildman–Crippen LogP) is 1.93. The first-order chi connectivity index (χ1) is 8.54. The molecule has 1 saturated carbocycles. The first-order valence-corrected chi connectivity index (χ1v) is 6.79. The summed E-state index contributed by atoms with van der Waals surface area (Å²) in [6, 6.07) is -0.266. The van der Waals surface area contributed by atoms with Crippen molar-refractivity contribution in [3.05, 3.63) is 0 Å². The lowest BCUT2D eigenvalue weighted by molar-refractivity contribution is -0.137. The summed E-state index contributed by atoms with van der Waals surface area (Å²) >= 11 is 0. The molecule has 104 valence electrons. The zero-order valence-corrected chi connectivity index (χ0v) is 11.3. The van der Waals surface area contributed by atoms with Crippen molar-refractivity contribution in [1.29, 1.82) is 0 Å². The molecule has 1 aliphatic carbocycles. The molecule has 0 bridgehead atoms. The van der Waals surface area contributed by atoms with Crippen LogP contribution in [0.1, 0.15) is 39.5 Å². The van der Waals surface area contributed by atoms with Gasteiger partial charge in [0.1, 0.15) is 6.54 Å². The number of carbonyl (C=O) groups is 2. The van der Waals surface area contributed by atoms with E-state index in [0.29, 0.717) is 24.9 Å². The first-order valence-electron chi connectivity index (χ1n) is 6.79. The van der Waals surface area contributed by atoms with E-state index in [-0.39, 0.29) is 12.6 Å². The molecule has 2 unspecified atom stereocenters. The van der Waals surface area contributed by atoms with E-state index in [1.807, 2.05) is 0 Å². The third-order valence-electron chi connectivity index (χ3n) is 3.80. The standard InChI is InChI=1S/C13H24N2O3/c1-3-15(9-12(16)17)13(18)14-8-11-7-5-4-6-10(11)2/h10-11H,3-9H2,1-2H3,(H,14,18)(H,16,17). The van der Waals surface area contributed by atoms with Crippen LogP contribution in [-0.2, 0) is 4.79 Å². The lowest BCUT2D eigenvalue weighted by Gasteiger charge is -2.29. The second-order valence-corrected chi connectivity index (χ2v) is 5.12. The molecule has 2 amide bonds. The number of carbonyl (C=O) groups excluding carboxylic acids is 1. The number of hydrogen-bond acceptors (Lipinski definition) is 2. The summed E-state index contributed by atoms with van der Waals surface area (Å²) in [5, 5.41) is 11.6. The molecule has 0 heterocycles. The highest BCUT2D eigenvalue weighted by Crippen LogP contribution is 2.28. The maximum Gasteiger partial charge on any atom is 0.323 e. The van der Waals surface area contributed by atoms with Gasteiger partial charge >= 0.3 is 12.0 Å². The Labute approximate surface area is 109 Å². The maximum atomic E-state index is 11.8. The van der Waals surface area contributed by atoms with Crippen LogP contribution in [0.15, 0.2) is 0 Å².